The van der Waals surface area contributed by atoms with E-state index in [4.69, 9.17) is 0 Å². The Morgan fingerprint density at radius 3 is 3.22 bits per heavy atom. The predicted molar refractivity (Wildman–Crippen MR) is 68.6 cm³/mol. The fourth-order valence-electron chi connectivity index (χ4n) is 1.47. The van der Waals surface area contributed by atoms with Crippen LogP contribution in [0.2, 0.25) is 0 Å². The van der Waals surface area contributed by atoms with Gasteiger partial charge in [-0.15, -0.1) is 16.4 Å². The van der Waals surface area contributed by atoms with Gasteiger partial charge < -0.3 is 4.98 Å². The van der Waals surface area contributed by atoms with Crippen LogP contribution in [0.25, 0.3) is 10.2 Å². The highest BCUT2D eigenvalue weighted by molar-refractivity contribution is 7.98. The molecule has 0 fully saturated rings. The standard InChI is InChI=1S/C9H8N6OS2/c1-15-9(12-13-14-15)18-4-6-10-5-2-3-17-7(5)8(16)11-6/h2-3H,4H2,1H3,(H,10,11,16). The van der Waals surface area contributed by atoms with Gasteiger partial charge in [-0.05, 0) is 21.9 Å². The molecule has 0 radical (unpaired) electrons. The van der Waals surface area contributed by atoms with E-state index in [-0.39, 0.29) is 5.56 Å². The molecular formula is C9H8N6OS2. The number of aromatic amines is 1. The van der Waals surface area contributed by atoms with Gasteiger partial charge in [0.05, 0.1) is 11.3 Å². The lowest BCUT2D eigenvalue weighted by Gasteiger charge is -1.99. The van der Waals surface area contributed by atoms with Crippen LogP contribution in [-0.4, -0.2) is 30.2 Å². The predicted octanol–water partition coefficient (Wildman–Crippen LogP) is 0.800. The highest BCUT2D eigenvalue weighted by Gasteiger charge is 2.08. The van der Waals surface area contributed by atoms with Crippen molar-refractivity contribution in [1.82, 2.24) is 30.2 Å². The number of aryl methyl sites for hydroxylation is 1. The second-order valence-corrected chi connectivity index (χ2v) is 5.38. The first kappa shape index (κ1) is 11.4. The number of hydrogen-bond donors (Lipinski definition) is 1. The summed E-state index contributed by atoms with van der Waals surface area (Å²) in [6.45, 7) is 0. The first-order valence-corrected chi connectivity index (χ1v) is 6.92. The van der Waals surface area contributed by atoms with Gasteiger partial charge in [-0.25, -0.2) is 9.67 Å². The summed E-state index contributed by atoms with van der Waals surface area (Å²) in [5.74, 6) is 1.15. The van der Waals surface area contributed by atoms with Crippen LogP contribution in [0.5, 0.6) is 0 Å². The molecule has 0 atom stereocenters. The second-order valence-electron chi connectivity index (χ2n) is 3.52. The number of nitrogens with one attached hydrogen (secondary N) is 1. The smallest absolute Gasteiger partial charge is 0.268 e. The Balaban J connectivity index is 1.87. The maximum absolute atomic E-state index is 11.7. The molecule has 3 heterocycles. The number of aromatic nitrogens is 6. The summed E-state index contributed by atoms with van der Waals surface area (Å²) in [7, 11) is 1.76. The van der Waals surface area contributed by atoms with E-state index in [1.54, 1.807) is 11.7 Å². The van der Waals surface area contributed by atoms with Gasteiger partial charge in [0.15, 0.2) is 0 Å². The van der Waals surface area contributed by atoms with Crippen LogP contribution in [-0.2, 0) is 12.8 Å². The van der Waals surface area contributed by atoms with Crippen molar-refractivity contribution in [3.8, 4) is 0 Å². The summed E-state index contributed by atoms with van der Waals surface area (Å²) in [4.78, 5) is 18.9. The third-order valence-corrected chi connectivity index (χ3v) is 4.21. The number of thioether (sulfide) groups is 1. The SMILES string of the molecule is Cn1nnnc1SCc1nc2ccsc2c(=O)[nH]1. The number of nitrogens with zero attached hydrogens (tertiary/aromatic N) is 5. The van der Waals surface area contributed by atoms with Crippen molar-refractivity contribution in [1.29, 1.82) is 0 Å². The lowest BCUT2D eigenvalue weighted by atomic mass is 10.4. The topological polar surface area (TPSA) is 89.3 Å². The maximum Gasteiger partial charge on any atom is 0.268 e. The van der Waals surface area contributed by atoms with E-state index >= 15 is 0 Å². The van der Waals surface area contributed by atoms with Crippen LogP contribution < -0.4 is 5.56 Å². The zero-order chi connectivity index (χ0) is 12.5. The molecule has 0 aliphatic carbocycles. The monoisotopic (exact) mass is 280 g/mol. The van der Waals surface area contributed by atoms with Crippen LogP contribution in [0.1, 0.15) is 5.82 Å². The van der Waals surface area contributed by atoms with Crippen molar-refractivity contribution in [3.05, 3.63) is 27.6 Å². The first-order chi connectivity index (χ1) is 8.74. The number of thiophene rings is 1. The first-order valence-electron chi connectivity index (χ1n) is 5.05. The Kier molecular flexibility index (Phi) is 2.84. The average molecular weight is 280 g/mol. The summed E-state index contributed by atoms with van der Waals surface area (Å²) in [5.41, 5.74) is 0.636. The van der Waals surface area contributed by atoms with E-state index in [1.807, 2.05) is 11.4 Å². The average Bonchev–Trinajstić information content (AvgIpc) is 2.95. The van der Waals surface area contributed by atoms with Crippen molar-refractivity contribution in [3.63, 3.8) is 0 Å². The minimum absolute atomic E-state index is 0.0957. The minimum Gasteiger partial charge on any atom is -0.309 e. The fourth-order valence-corrected chi connectivity index (χ4v) is 2.91. The van der Waals surface area contributed by atoms with E-state index < -0.39 is 0 Å². The molecule has 9 heteroatoms. The van der Waals surface area contributed by atoms with E-state index in [1.165, 1.54) is 23.1 Å². The maximum atomic E-state index is 11.7. The molecule has 0 aliphatic heterocycles. The number of rotatable bonds is 3. The highest BCUT2D eigenvalue weighted by atomic mass is 32.2. The molecule has 1 N–H and O–H groups in total. The molecule has 0 amide bonds. The molecule has 0 saturated heterocycles. The number of hydrogen-bond acceptors (Lipinski definition) is 7. The summed E-state index contributed by atoms with van der Waals surface area (Å²) in [6.07, 6.45) is 0. The van der Waals surface area contributed by atoms with Crippen molar-refractivity contribution in [2.75, 3.05) is 0 Å². The van der Waals surface area contributed by atoms with Crippen LogP contribution in [0, 0.1) is 0 Å². The van der Waals surface area contributed by atoms with E-state index in [9.17, 15) is 4.79 Å². The molecule has 0 saturated carbocycles. The summed E-state index contributed by atoms with van der Waals surface area (Å²) >= 11 is 2.82. The van der Waals surface area contributed by atoms with Crippen molar-refractivity contribution >= 4 is 33.3 Å². The largest absolute Gasteiger partial charge is 0.309 e. The molecule has 3 aromatic heterocycles. The molecule has 0 aliphatic rings. The summed E-state index contributed by atoms with van der Waals surface area (Å²) in [5, 5.41) is 13.7. The number of H-pyrrole nitrogens is 1. The Morgan fingerprint density at radius 2 is 2.44 bits per heavy atom. The number of fused-ring (bicyclic) bond motifs is 1. The van der Waals surface area contributed by atoms with Crippen LogP contribution in [0.4, 0.5) is 0 Å². The highest BCUT2D eigenvalue weighted by Crippen LogP contribution is 2.19. The van der Waals surface area contributed by atoms with E-state index in [2.05, 4.69) is 25.5 Å². The fraction of sp³-hybridized carbons (Fsp3) is 0.222. The van der Waals surface area contributed by atoms with Crippen molar-refractivity contribution < 1.29 is 0 Å². The quantitative estimate of drug-likeness (QED) is 0.714. The van der Waals surface area contributed by atoms with Crippen LogP contribution in [0.15, 0.2) is 21.4 Å². The normalized spacial score (nSPS) is 11.2. The Labute approximate surface area is 109 Å². The molecule has 0 aromatic carbocycles. The van der Waals surface area contributed by atoms with E-state index in [0.29, 0.717) is 21.4 Å². The van der Waals surface area contributed by atoms with Gasteiger partial charge >= 0.3 is 0 Å². The van der Waals surface area contributed by atoms with Gasteiger partial charge in [-0.2, -0.15) is 0 Å². The molecule has 0 unspecified atom stereocenters. The minimum atomic E-state index is -0.0957. The molecule has 0 bridgehead atoms. The van der Waals surface area contributed by atoms with Crippen molar-refractivity contribution in [2.45, 2.75) is 10.9 Å². The molecule has 92 valence electrons. The second kappa shape index (κ2) is 4.50. The lowest BCUT2D eigenvalue weighted by Crippen LogP contribution is -2.09. The zero-order valence-corrected chi connectivity index (χ0v) is 11.0. The molecular weight excluding hydrogens is 272 g/mol. The Morgan fingerprint density at radius 1 is 1.56 bits per heavy atom. The third kappa shape index (κ3) is 2.02. The molecule has 0 spiro atoms. The summed E-state index contributed by atoms with van der Waals surface area (Å²) in [6, 6.07) is 1.84. The van der Waals surface area contributed by atoms with Gasteiger partial charge in [0, 0.05) is 7.05 Å². The molecule has 18 heavy (non-hydrogen) atoms. The molecule has 7 nitrogen and oxygen atoms in total. The van der Waals surface area contributed by atoms with Gasteiger partial charge in [-0.3, -0.25) is 4.79 Å². The van der Waals surface area contributed by atoms with Gasteiger partial charge in [-0.1, -0.05) is 11.8 Å². The van der Waals surface area contributed by atoms with Gasteiger partial charge in [0.25, 0.3) is 5.56 Å². The molecule has 3 aromatic rings. The van der Waals surface area contributed by atoms with Crippen molar-refractivity contribution in [2.24, 2.45) is 7.05 Å². The van der Waals surface area contributed by atoms with E-state index in [0.717, 1.165) is 5.52 Å². The van der Waals surface area contributed by atoms with Crippen LogP contribution >= 0.6 is 23.1 Å². The van der Waals surface area contributed by atoms with Gasteiger partial charge in [0.1, 0.15) is 10.5 Å². The van der Waals surface area contributed by atoms with Crippen LogP contribution in [0.3, 0.4) is 0 Å². The zero-order valence-electron chi connectivity index (χ0n) is 9.32. The number of tetrazole rings is 1. The Hall–Kier alpha value is -1.74. The Bertz CT molecular complexity index is 745. The third-order valence-electron chi connectivity index (χ3n) is 2.28. The van der Waals surface area contributed by atoms with Gasteiger partial charge in [0.2, 0.25) is 5.16 Å². The lowest BCUT2D eigenvalue weighted by molar-refractivity contribution is 0.664. The summed E-state index contributed by atoms with van der Waals surface area (Å²) < 4.78 is 2.23. The molecule has 3 rings (SSSR count).